The number of hydrogen-bond donors (Lipinski definition) is 1. The Balaban J connectivity index is 2.03. The molecule has 1 amide bonds. The molecule has 0 saturated heterocycles. The highest BCUT2D eigenvalue weighted by molar-refractivity contribution is 7.89. The number of anilines is 1. The highest BCUT2D eigenvalue weighted by Gasteiger charge is 2.26. The maximum absolute atomic E-state index is 12.9. The van der Waals surface area contributed by atoms with Crippen LogP contribution in [0.5, 0.6) is 5.75 Å². The largest absolute Gasteiger partial charge is 0.495 e. The smallest absolute Gasteiger partial charge is 0.251 e. The molecule has 0 unspecified atom stereocenters. The molecule has 0 heterocycles. The molecule has 8 heteroatoms. The average molecular weight is 448 g/mol. The van der Waals surface area contributed by atoms with Crippen molar-refractivity contribution in [3.63, 3.8) is 0 Å². The molecule has 0 atom stereocenters. The molecule has 170 valence electrons. The van der Waals surface area contributed by atoms with Gasteiger partial charge in [-0.2, -0.15) is 4.31 Å². The minimum Gasteiger partial charge on any atom is -0.495 e. The summed E-state index contributed by atoms with van der Waals surface area (Å²) < 4.78 is 32.5. The lowest BCUT2D eigenvalue weighted by Gasteiger charge is -2.20. The van der Waals surface area contributed by atoms with Crippen LogP contribution < -0.4 is 15.0 Å². The molecule has 0 saturated carbocycles. The van der Waals surface area contributed by atoms with Crippen LogP contribution in [0.1, 0.15) is 36.2 Å². The van der Waals surface area contributed by atoms with Gasteiger partial charge in [0.1, 0.15) is 10.6 Å². The first-order valence-corrected chi connectivity index (χ1v) is 11.9. The van der Waals surface area contributed by atoms with Gasteiger partial charge in [-0.15, -0.1) is 0 Å². The summed E-state index contributed by atoms with van der Waals surface area (Å²) in [4.78, 5) is 14.7. The molecule has 0 spiro atoms. The first-order valence-electron chi connectivity index (χ1n) is 10.5. The van der Waals surface area contributed by atoms with Gasteiger partial charge in [0.25, 0.3) is 5.91 Å². The molecule has 1 N–H and O–H groups in total. The van der Waals surface area contributed by atoms with E-state index in [1.807, 2.05) is 19.0 Å². The Labute approximate surface area is 186 Å². The van der Waals surface area contributed by atoms with Crippen LogP contribution in [0.4, 0.5) is 5.69 Å². The Hall–Kier alpha value is -2.58. The van der Waals surface area contributed by atoms with Gasteiger partial charge in [-0.05, 0) is 48.7 Å². The van der Waals surface area contributed by atoms with Crippen LogP contribution in [-0.4, -0.2) is 59.5 Å². The number of rotatable bonds is 11. The summed E-state index contributed by atoms with van der Waals surface area (Å²) in [6, 6.07) is 12.8. The number of hydrogen-bond acceptors (Lipinski definition) is 5. The molecule has 0 radical (unpaired) electrons. The predicted octanol–water partition coefficient (Wildman–Crippen LogP) is 3.15. The summed E-state index contributed by atoms with van der Waals surface area (Å²) in [5, 5.41) is 2.88. The van der Waals surface area contributed by atoms with E-state index >= 15 is 0 Å². The fourth-order valence-corrected chi connectivity index (χ4v) is 4.92. The summed E-state index contributed by atoms with van der Waals surface area (Å²) in [6.45, 7) is 4.73. The third kappa shape index (κ3) is 6.21. The monoisotopic (exact) mass is 447 g/mol. The van der Waals surface area contributed by atoms with Crippen molar-refractivity contribution in [1.29, 1.82) is 0 Å². The van der Waals surface area contributed by atoms with E-state index in [9.17, 15) is 13.2 Å². The van der Waals surface area contributed by atoms with Gasteiger partial charge in [0, 0.05) is 45.0 Å². The molecule has 0 bridgehead atoms. The highest BCUT2D eigenvalue weighted by Crippen LogP contribution is 2.28. The second-order valence-electron chi connectivity index (χ2n) is 7.38. The number of sulfonamides is 1. The summed E-state index contributed by atoms with van der Waals surface area (Å²) >= 11 is 0. The number of amides is 1. The number of nitrogens with one attached hydrogen (secondary N) is 1. The second-order valence-corrected chi connectivity index (χ2v) is 9.28. The van der Waals surface area contributed by atoms with Gasteiger partial charge in [-0.1, -0.05) is 26.0 Å². The molecule has 0 aliphatic heterocycles. The fourth-order valence-electron chi connectivity index (χ4n) is 3.28. The van der Waals surface area contributed by atoms with Crippen molar-refractivity contribution in [2.75, 3.05) is 45.7 Å². The number of ether oxygens (including phenoxy) is 1. The van der Waals surface area contributed by atoms with E-state index in [4.69, 9.17) is 4.74 Å². The van der Waals surface area contributed by atoms with E-state index in [2.05, 4.69) is 29.6 Å². The molecular weight excluding hydrogens is 414 g/mol. The van der Waals surface area contributed by atoms with Crippen LogP contribution in [0.15, 0.2) is 47.4 Å². The third-order valence-corrected chi connectivity index (χ3v) is 7.20. The summed E-state index contributed by atoms with van der Waals surface area (Å²) in [7, 11) is 1.68. The van der Waals surface area contributed by atoms with Crippen LogP contribution in [0.25, 0.3) is 0 Å². The van der Waals surface area contributed by atoms with Crippen molar-refractivity contribution in [1.82, 2.24) is 9.62 Å². The number of benzene rings is 2. The molecule has 2 aromatic carbocycles. The predicted molar refractivity (Wildman–Crippen MR) is 125 cm³/mol. The number of carbonyl (C=O) groups excluding carboxylic acids is 1. The lowest BCUT2D eigenvalue weighted by molar-refractivity contribution is 0.0953. The van der Waals surface area contributed by atoms with Crippen LogP contribution in [0.3, 0.4) is 0 Å². The molecular formula is C23H33N3O4S. The topological polar surface area (TPSA) is 79.0 Å². The van der Waals surface area contributed by atoms with Gasteiger partial charge >= 0.3 is 0 Å². The van der Waals surface area contributed by atoms with Crippen molar-refractivity contribution >= 4 is 21.6 Å². The zero-order valence-electron chi connectivity index (χ0n) is 19.0. The van der Waals surface area contributed by atoms with Gasteiger partial charge in [-0.3, -0.25) is 4.79 Å². The molecule has 0 aliphatic carbocycles. The lowest BCUT2D eigenvalue weighted by atomic mass is 10.1. The molecule has 0 fully saturated rings. The van der Waals surface area contributed by atoms with Crippen LogP contribution in [0.2, 0.25) is 0 Å². The van der Waals surface area contributed by atoms with Gasteiger partial charge in [0.2, 0.25) is 10.0 Å². The fraction of sp³-hybridized carbons (Fsp3) is 0.435. The molecule has 0 aromatic heterocycles. The minimum atomic E-state index is -3.75. The average Bonchev–Trinajstić information content (AvgIpc) is 2.77. The maximum atomic E-state index is 12.9. The van der Waals surface area contributed by atoms with Gasteiger partial charge in [-0.25, -0.2) is 8.42 Å². The molecule has 2 aromatic rings. The van der Waals surface area contributed by atoms with Crippen LogP contribution in [-0.2, 0) is 16.4 Å². The van der Waals surface area contributed by atoms with Crippen LogP contribution >= 0.6 is 0 Å². The van der Waals surface area contributed by atoms with Gasteiger partial charge in [0.15, 0.2) is 0 Å². The molecule has 31 heavy (non-hydrogen) atoms. The second kappa shape index (κ2) is 11.2. The number of carbonyl (C=O) groups is 1. The molecule has 0 aliphatic rings. The first kappa shape index (κ1) is 24.7. The Morgan fingerprint density at radius 2 is 1.68 bits per heavy atom. The van der Waals surface area contributed by atoms with E-state index in [0.717, 1.165) is 18.5 Å². The highest BCUT2D eigenvalue weighted by atomic mass is 32.2. The lowest BCUT2D eigenvalue weighted by Crippen LogP contribution is -2.31. The first-order chi connectivity index (χ1) is 14.7. The van der Waals surface area contributed by atoms with Gasteiger partial charge < -0.3 is 15.0 Å². The maximum Gasteiger partial charge on any atom is 0.251 e. The normalized spacial score (nSPS) is 11.4. The summed E-state index contributed by atoms with van der Waals surface area (Å²) in [5.74, 6) is -0.0776. The number of aryl methyl sites for hydroxylation is 1. The SMILES string of the molecule is CCN(CC)S(=O)(=O)c1cc(C(=O)NCCCc2ccc(N(C)C)cc2)ccc1OC. The van der Waals surface area contributed by atoms with Gasteiger partial charge in [0.05, 0.1) is 7.11 Å². The van der Waals surface area contributed by atoms with E-state index in [-0.39, 0.29) is 16.6 Å². The number of methoxy groups -OCH3 is 1. The van der Waals surface area contributed by atoms with Crippen LogP contribution in [0, 0.1) is 0 Å². The van der Waals surface area contributed by atoms with Crippen molar-refractivity contribution < 1.29 is 17.9 Å². The summed E-state index contributed by atoms with van der Waals surface area (Å²) in [5.41, 5.74) is 2.64. The Morgan fingerprint density at radius 1 is 1.03 bits per heavy atom. The van der Waals surface area contributed by atoms with E-state index in [0.29, 0.717) is 25.2 Å². The van der Waals surface area contributed by atoms with Crippen molar-refractivity contribution in [2.24, 2.45) is 0 Å². The van der Waals surface area contributed by atoms with E-state index in [1.54, 1.807) is 19.9 Å². The minimum absolute atomic E-state index is 0.00679. The quantitative estimate of drug-likeness (QED) is 0.536. The van der Waals surface area contributed by atoms with E-state index in [1.165, 1.54) is 29.1 Å². The van der Waals surface area contributed by atoms with E-state index < -0.39 is 10.0 Å². The summed E-state index contributed by atoms with van der Waals surface area (Å²) in [6.07, 6.45) is 1.63. The molecule has 7 nitrogen and oxygen atoms in total. The zero-order valence-corrected chi connectivity index (χ0v) is 19.8. The third-order valence-electron chi connectivity index (χ3n) is 5.13. The van der Waals surface area contributed by atoms with Crippen molar-refractivity contribution in [2.45, 2.75) is 31.6 Å². The van der Waals surface area contributed by atoms with Crippen molar-refractivity contribution in [3.8, 4) is 5.75 Å². The standard InChI is InChI=1S/C23H33N3O4S/c1-6-26(7-2)31(28,29)22-17-19(12-15-21(22)30-5)23(27)24-16-8-9-18-10-13-20(14-11-18)25(3)4/h10-15,17H,6-9,16H2,1-5H3,(H,24,27). The Kier molecular flexibility index (Phi) is 8.88. The molecule has 2 rings (SSSR count). The number of nitrogens with zero attached hydrogens (tertiary/aromatic N) is 2. The Morgan fingerprint density at radius 3 is 2.23 bits per heavy atom. The van der Waals surface area contributed by atoms with Crippen molar-refractivity contribution in [3.05, 3.63) is 53.6 Å². The zero-order chi connectivity index (χ0) is 23.0. The Bertz CT molecular complexity index is 969.